The van der Waals surface area contributed by atoms with Gasteiger partial charge in [0, 0.05) is 0 Å². The van der Waals surface area contributed by atoms with Crippen LogP contribution in [0, 0.1) is 6.92 Å². The molecule has 0 aliphatic heterocycles. The number of hydrogen-bond donors (Lipinski definition) is 0. The zero-order valence-electron chi connectivity index (χ0n) is 15.3. The molecule has 0 spiro atoms. The van der Waals surface area contributed by atoms with Crippen LogP contribution in [0.3, 0.4) is 0 Å². The van der Waals surface area contributed by atoms with Crippen LogP contribution in [0.15, 0.2) is 114 Å². The van der Waals surface area contributed by atoms with Crippen molar-refractivity contribution in [3.8, 4) is 0 Å². The Balaban J connectivity index is 2.18. The summed E-state index contributed by atoms with van der Waals surface area (Å²) < 4.78 is 1.17. The Bertz CT molecular complexity index is 931. The van der Waals surface area contributed by atoms with E-state index in [-0.39, 0.29) is 0 Å². The van der Waals surface area contributed by atoms with Crippen molar-refractivity contribution in [2.24, 2.45) is 0 Å². The second-order valence-electron chi connectivity index (χ2n) is 6.76. The molecule has 0 bridgehead atoms. The Morgan fingerprint density at radius 2 is 0.926 bits per heavy atom. The van der Waals surface area contributed by atoms with Gasteiger partial charge >= 0.3 is 171 Å². The second-order valence-corrected chi connectivity index (χ2v) is 11.4. The topological polar surface area (TPSA) is 0 Å². The van der Waals surface area contributed by atoms with Crippen LogP contribution in [0.1, 0.15) is 5.56 Å². The van der Waals surface area contributed by atoms with E-state index in [1.54, 1.807) is 0 Å². The quantitative estimate of drug-likeness (QED) is 0.393. The molecule has 4 rings (SSSR count). The van der Waals surface area contributed by atoms with E-state index in [9.17, 15) is 0 Å². The van der Waals surface area contributed by atoms with Crippen molar-refractivity contribution < 1.29 is 0 Å². The predicted molar refractivity (Wildman–Crippen MR) is 125 cm³/mol. The Morgan fingerprint density at radius 1 is 0.519 bits per heavy atom. The van der Waals surface area contributed by atoms with E-state index in [2.05, 4.69) is 132 Å². The minimum absolute atomic E-state index is 1.17. The van der Waals surface area contributed by atoms with Crippen LogP contribution >= 0.6 is 23.2 Å². The summed E-state index contributed by atoms with van der Waals surface area (Å²) in [5, 5.41) is 5.65. The molecule has 27 heavy (non-hydrogen) atoms. The summed E-state index contributed by atoms with van der Waals surface area (Å²) in [6.45, 7) is 2.23. The van der Waals surface area contributed by atoms with Crippen LogP contribution in [0.4, 0.5) is 0 Å². The number of rotatable bonds is 4. The van der Waals surface area contributed by atoms with Gasteiger partial charge < -0.3 is 0 Å². The summed E-state index contributed by atoms with van der Waals surface area (Å²) in [5.74, 6) is 0. The van der Waals surface area contributed by atoms with E-state index in [0.29, 0.717) is 0 Å². The third kappa shape index (κ3) is 3.16. The molecule has 4 aromatic rings. The molecule has 134 valence electrons. The zero-order chi connectivity index (χ0) is 18.7. The fourth-order valence-electron chi connectivity index (χ4n) is 4.04. The van der Waals surface area contributed by atoms with E-state index in [0.717, 1.165) is 0 Å². The molecule has 0 amide bonds. The van der Waals surface area contributed by atoms with Crippen molar-refractivity contribution in [2.45, 2.75) is 6.92 Å². The van der Waals surface area contributed by atoms with E-state index in [1.165, 1.54) is 31.3 Å². The molecule has 0 radical (unpaired) electrons. The number of hydrogen-bond acceptors (Lipinski definition) is 0. The van der Waals surface area contributed by atoms with Crippen LogP contribution in [-0.2, 0) is 0 Å². The first-order valence-corrected chi connectivity index (χ1v) is 12.0. The first-order chi connectivity index (χ1) is 13.2. The fourth-order valence-corrected chi connectivity index (χ4v) is 9.65. The molecule has 0 nitrogen and oxygen atoms in total. The van der Waals surface area contributed by atoms with Gasteiger partial charge in [0.1, 0.15) is 0 Å². The Labute approximate surface area is 170 Å². The first kappa shape index (κ1) is 18.2. The molecule has 0 aliphatic rings. The molecule has 0 N–H and O–H groups in total. The van der Waals surface area contributed by atoms with Gasteiger partial charge in [-0.1, -0.05) is 0 Å². The summed E-state index contributed by atoms with van der Waals surface area (Å²) in [4.78, 5) is 0. The molecule has 0 saturated heterocycles. The molecule has 0 heterocycles. The molecule has 2 heteroatoms. The normalized spacial score (nSPS) is 11.9. The second kappa shape index (κ2) is 7.80. The standard InChI is InChI=1S/C25H22BrP/c1-20-24(26)18-11-19-25(20)27(21-12-5-2-6-13-21,22-14-7-3-8-15-22)23-16-9-4-10-17-23/h2-19,27H,1H3. The van der Waals surface area contributed by atoms with Crippen LogP contribution in [-0.4, -0.2) is 0 Å². The van der Waals surface area contributed by atoms with Gasteiger partial charge in [0.15, 0.2) is 0 Å². The zero-order valence-corrected chi connectivity index (χ0v) is 17.9. The van der Waals surface area contributed by atoms with Crippen molar-refractivity contribution in [2.75, 3.05) is 0 Å². The van der Waals surface area contributed by atoms with E-state index in [1.807, 2.05) is 0 Å². The molecule has 0 fully saturated rings. The van der Waals surface area contributed by atoms with Crippen molar-refractivity contribution >= 4 is 44.4 Å². The van der Waals surface area contributed by atoms with Gasteiger partial charge in [-0.05, 0) is 0 Å². The third-order valence-electron chi connectivity index (χ3n) is 5.29. The van der Waals surface area contributed by atoms with E-state index >= 15 is 0 Å². The van der Waals surface area contributed by atoms with E-state index in [4.69, 9.17) is 0 Å². The van der Waals surface area contributed by atoms with Crippen molar-refractivity contribution in [1.82, 2.24) is 0 Å². The summed E-state index contributed by atoms with van der Waals surface area (Å²) in [5.41, 5.74) is 1.32. The molecule has 4 aromatic carbocycles. The van der Waals surface area contributed by atoms with Gasteiger partial charge in [-0.3, -0.25) is 0 Å². The summed E-state index contributed by atoms with van der Waals surface area (Å²) >= 11 is 3.78. The Kier molecular flexibility index (Phi) is 5.25. The Morgan fingerprint density at radius 3 is 1.33 bits per heavy atom. The first-order valence-electron chi connectivity index (χ1n) is 9.17. The van der Waals surface area contributed by atoms with Gasteiger partial charge in [0.25, 0.3) is 0 Å². The Hall–Kier alpha value is -2.21. The monoisotopic (exact) mass is 432 g/mol. The molecule has 0 unspecified atom stereocenters. The predicted octanol–water partition coefficient (Wildman–Crippen LogP) is 5.11. The summed E-state index contributed by atoms with van der Waals surface area (Å²) in [6.07, 6.45) is 0. The van der Waals surface area contributed by atoms with Gasteiger partial charge in [-0.2, -0.15) is 0 Å². The van der Waals surface area contributed by atoms with Gasteiger partial charge in [-0.15, -0.1) is 0 Å². The SMILES string of the molecule is Cc1c(Br)cccc1[PH](c1ccccc1)(c1ccccc1)c1ccccc1. The minimum atomic E-state index is -2.41. The molecular weight excluding hydrogens is 411 g/mol. The average molecular weight is 433 g/mol. The molecule has 0 aliphatic carbocycles. The molecule has 0 aromatic heterocycles. The average Bonchev–Trinajstić information content (AvgIpc) is 2.74. The van der Waals surface area contributed by atoms with Gasteiger partial charge in [0.2, 0.25) is 0 Å². The van der Waals surface area contributed by atoms with Crippen molar-refractivity contribution in [3.63, 3.8) is 0 Å². The number of halogens is 1. The number of benzene rings is 4. The van der Waals surface area contributed by atoms with Gasteiger partial charge in [-0.25, -0.2) is 0 Å². The molecule has 0 saturated carbocycles. The maximum absolute atomic E-state index is 3.78. The van der Waals surface area contributed by atoms with Gasteiger partial charge in [0.05, 0.1) is 0 Å². The maximum atomic E-state index is 3.78. The van der Waals surface area contributed by atoms with Crippen molar-refractivity contribution in [3.05, 3.63) is 119 Å². The molecular formula is C25H22BrP. The molecule has 0 atom stereocenters. The summed E-state index contributed by atoms with van der Waals surface area (Å²) in [6, 6.07) is 39.7. The van der Waals surface area contributed by atoms with Crippen LogP contribution < -0.4 is 21.2 Å². The fraction of sp³-hybridized carbons (Fsp3) is 0.0400. The third-order valence-corrected chi connectivity index (χ3v) is 11.1. The summed E-state index contributed by atoms with van der Waals surface area (Å²) in [7, 11) is -2.41. The van der Waals surface area contributed by atoms with Crippen LogP contribution in [0.2, 0.25) is 0 Å². The van der Waals surface area contributed by atoms with E-state index < -0.39 is 7.26 Å². The van der Waals surface area contributed by atoms with Crippen LogP contribution in [0.5, 0.6) is 0 Å². The van der Waals surface area contributed by atoms with Crippen LogP contribution in [0.25, 0.3) is 0 Å². The van der Waals surface area contributed by atoms with Crippen molar-refractivity contribution in [1.29, 1.82) is 0 Å².